The molecule has 1 aromatic rings. The van der Waals surface area contributed by atoms with Crippen LogP contribution >= 0.6 is 0 Å². The van der Waals surface area contributed by atoms with E-state index in [1.807, 2.05) is 0 Å². The lowest BCUT2D eigenvalue weighted by Crippen LogP contribution is -2.30. The Hall–Kier alpha value is -1.16. The maximum atomic E-state index is 13.7. The molecule has 0 spiro atoms. The number of nitrogens with zero attached hydrogens (tertiary/aromatic N) is 1. The highest BCUT2D eigenvalue weighted by Crippen LogP contribution is 2.25. The van der Waals surface area contributed by atoms with Gasteiger partial charge in [0, 0.05) is 17.3 Å². The van der Waals surface area contributed by atoms with Crippen molar-refractivity contribution in [3.63, 3.8) is 0 Å². The number of aromatic nitrogens is 1. The van der Waals surface area contributed by atoms with Gasteiger partial charge in [0.2, 0.25) is 0 Å². The molecule has 0 unspecified atom stereocenters. The van der Waals surface area contributed by atoms with Gasteiger partial charge >= 0.3 is 0 Å². The quantitative estimate of drug-likeness (QED) is 0.805. The van der Waals surface area contributed by atoms with Crippen molar-refractivity contribution in [2.45, 2.75) is 26.3 Å². The Bertz CT molecular complexity index is 320. The van der Waals surface area contributed by atoms with Crippen LogP contribution in [0.4, 0.5) is 4.39 Å². The summed E-state index contributed by atoms with van der Waals surface area (Å²) in [4.78, 5) is 3.79. The first-order valence-corrected chi connectivity index (χ1v) is 4.53. The average molecular weight is 198 g/mol. The van der Waals surface area contributed by atoms with Gasteiger partial charge in [0.15, 0.2) is 5.82 Å². The van der Waals surface area contributed by atoms with Crippen LogP contribution in [0.25, 0.3) is 0 Å². The molecule has 78 valence electrons. The second kappa shape index (κ2) is 3.92. The van der Waals surface area contributed by atoms with E-state index in [0.29, 0.717) is 12.2 Å². The smallest absolute Gasteiger partial charge is 0.250 e. The lowest BCUT2D eigenvalue weighted by molar-refractivity contribution is 0.303. The molecule has 0 aromatic carbocycles. The van der Waals surface area contributed by atoms with E-state index in [9.17, 15) is 4.39 Å². The summed E-state index contributed by atoms with van der Waals surface area (Å²) in [5.74, 6) is -0.453. The molecule has 1 rings (SSSR count). The molecule has 0 saturated carbocycles. The minimum absolute atomic E-state index is 0.0172. The van der Waals surface area contributed by atoms with Crippen molar-refractivity contribution in [2.75, 3.05) is 6.61 Å². The highest BCUT2D eigenvalue weighted by Gasteiger charge is 2.21. The zero-order valence-corrected chi connectivity index (χ0v) is 8.67. The van der Waals surface area contributed by atoms with Crippen LogP contribution in [-0.2, 0) is 5.54 Å². The molecule has 0 saturated heterocycles. The molecule has 0 radical (unpaired) electrons. The molecular weight excluding hydrogens is 183 g/mol. The Morgan fingerprint density at radius 2 is 2.21 bits per heavy atom. The van der Waals surface area contributed by atoms with Gasteiger partial charge in [-0.1, -0.05) is 0 Å². The number of halogens is 1. The molecule has 0 aliphatic carbocycles. The molecule has 1 heterocycles. The van der Waals surface area contributed by atoms with Crippen LogP contribution in [0.3, 0.4) is 0 Å². The summed E-state index contributed by atoms with van der Waals surface area (Å²) in [5.41, 5.74) is 5.49. The van der Waals surface area contributed by atoms with E-state index in [1.54, 1.807) is 26.8 Å². The van der Waals surface area contributed by atoms with Gasteiger partial charge in [0.1, 0.15) is 0 Å². The van der Waals surface area contributed by atoms with Crippen LogP contribution in [0, 0.1) is 5.82 Å². The Labute approximate surface area is 83.1 Å². The number of hydrogen-bond acceptors (Lipinski definition) is 3. The summed E-state index contributed by atoms with van der Waals surface area (Å²) in [6.07, 6.45) is 1.50. The van der Waals surface area contributed by atoms with Crippen LogP contribution in [0.2, 0.25) is 0 Å². The van der Waals surface area contributed by atoms with Gasteiger partial charge in [0.25, 0.3) is 5.88 Å². The van der Waals surface area contributed by atoms with Crippen molar-refractivity contribution in [1.82, 2.24) is 4.98 Å². The molecule has 0 fully saturated rings. The largest absolute Gasteiger partial charge is 0.476 e. The minimum Gasteiger partial charge on any atom is -0.476 e. The monoisotopic (exact) mass is 198 g/mol. The third-order valence-corrected chi connectivity index (χ3v) is 1.83. The molecule has 0 aliphatic rings. The summed E-state index contributed by atoms with van der Waals surface area (Å²) in [5, 5.41) is 0. The number of rotatable bonds is 3. The van der Waals surface area contributed by atoms with Crippen molar-refractivity contribution in [3.05, 3.63) is 23.6 Å². The molecular formula is C10H15FN2O. The second-order valence-corrected chi connectivity index (χ2v) is 3.63. The molecule has 0 atom stereocenters. The maximum absolute atomic E-state index is 13.7. The number of pyridine rings is 1. The lowest BCUT2D eigenvalue weighted by atomic mass is 9.96. The van der Waals surface area contributed by atoms with Crippen molar-refractivity contribution >= 4 is 0 Å². The normalized spacial score (nSPS) is 11.5. The van der Waals surface area contributed by atoms with E-state index in [0.717, 1.165) is 0 Å². The van der Waals surface area contributed by atoms with Gasteiger partial charge in [-0.3, -0.25) is 0 Å². The Kier molecular flexibility index (Phi) is 3.06. The first-order valence-electron chi connectivity index (χ1n) is 4.53. The van der Waals surface area contributed by atoms with Crippen molar-refractivity contribution in [2.24, 2.45) is 5.73 Å². The molecule has 0 aliphatic heterocycles. The lowest BCUT2D eigenvalue weighted by Gasteiger charge is -2.20. The molecule has 0 amide bonds. The van der Waals surface area contributed by atoms with Gasteiger partial charge < -0.3 is 10.5 Å². The summed E-state index contributed by atoms with van der Waals surface area (Å²) in [6.45, 7) is 5.64. The van der Waals surface area contributed by atoms with Crippen molar-refractivity contribution in [3.8, 4) is 5.88 Å². The molecule has 2 N–H and O–H groups in total. The average Bonchev–Trinajstić information content (AvgIpc) is 2.07. The fraction of sp³-hybridized carbons (Fsp3) is 0.500. The Morgan fingerprint density at radius 1 is 1.57 bits per heavy atom. The molecule has 14 heavy (non-hydrogen) atoms. The number of hydrogen-bond donors (Lipinski definition) is 1. The van der Waals surface area contributed by atoms with E-state index >= 15 is 0 Å². The zero-order chi connectivity index (χ0) is 10.8. The molecule has 3 nitrogen and oxygen atoms in total. The van der Waals surface area contributed by atoms with Gasteiger partial charge in [-0.15, -0.1) is 0 Å². The van der Waals surface area contributed by atoms with E-state index in [2.05, 4.69) is 4.98 Å². The van der Waals surface area contributed by atoms with Crippen molar-refractivity contribution in [1.29, 1.82) is 0 Å². The van der Waals surface area contributed by atoms with Crippen LogP contribution < -0.4 is 10.5 Å². The minimum atomic E-state index is -0.723. The summed E-state index contributed by atoms with van der Waals surface area (Å²) >= 11 is 0. The van der Waals surface area contributed by atoms with Gasteiger partial charge in [0.05, 0.1) is 6.61 Å². The second-order valence-electron chi connectivity index (χ2n) is 3.63. The maximum Gasteiger partial charge on any atom is 0.250 e. The van der Waals surface area contributed by atoms with E-state index < -0.39 is 11.4 Å². The van der Waals surface area contributed by atoms with E-state index in [4.69, 9.17) is 10.5 Å². The standard InChI is InChI=1S/C10H15FN2O/c1-4-14-9-8(11)7(5-6-13-9)10(2,3)12/h5-6H,4,12H2,1-3H3. The predicted molar refractivity (Wildman–Crippen MR) is 52.6 cm³/mol. The van der Waals surface area contributed by atoms with Gasteiger partial charge in [-0.25, -0.2) is 9.37 Å². The highest BCUT2D eigenvalue weighted by atomic mass is 19.1. The third kappa shape index (κ3) is 2.20. The highest BCUT2D eigenvalue weighted by molar-refractivity contribution is 5.28. The van der Waals surface area contributed by atoms with Crippen molar-refractivity contribution < 1.29 is 9.13 Å². The summed E-state index contributed by atoms with van der Waals surface area (Å²) in [6, 6.07) is 1.57. The van der Waals surface area contributed by atoms with E-state index in [-0.39, 0.29) is 5.88 Å². The third-order valence-electron chi connectivity index (χ3n) is 1.83. The number of ether oxygens (including phenoxy) is 1. The first kappa shape index (κ1) is 10.9. The van der Waals surface area contributed by atoms with Crippen LogP contribution in [0.15, 0.2) is 12.3 Å². The first-order chi connectivity index (χ1) is 6.46. The SMILES string of the molecule is CCOc1nccc(C(C)(C)N)c1F. The van der Waals surface area contributed by atoms with Gasteiger partial charge in [-0.05, 0) is 26.8 Å². The number of nitrogens with two attached hydrogens (primary N) is 1. The summed E-state index contributed by atoms with van der Waals surface area (Å²) in [7, 11) is 0. The molecule has 1 aromatic heterocycles. The fourth-order valence-corrected chi connectivity index (χ4v) is 1.16. The molecule has 0 bridgehead atoms. The Morgan fingerprint density at radius 3 is 2.71 bits per heavy atom. The summed E-state index contributed by atoms with van der Waals surface area (Å²) < 4.78 is 18.7. The van der Waals surface area contributed by atoms with Crippen LogP contribution in [-0.4, -0.2) is 11.6 Å². The topological polar surface area (TPSA) is 48.1 Å². The van der Waals surface area contributed by atoms with E-state index in [1.165, 1.54) is 6.20 Å². The van der Waals surface area contributed by atoms with Crippen LogP contribution in [0.1, 0.15) is 26.3 Å². The molecule has 4 heteroatoms. The predicted octanol–water partition coefficient (Wildman–Crippen LogP) is 1.81. The zero-order valence-electron chi connectivity index (χ0n) is 8.67. The van der Waals surface area contributed by atoms with Crippen LogP contribution in [0.5, 0.6) is 5.88 Å². The Balaban J connectivity index is 3.14. The fourth-order valence-electron chi connectivity index (χ4n) is 1.16. The van der Waals surface area contributed by atoms with Gasteiger partial charge in [-0.2, -0.15) is 0 Å².